The molecule has 1 fully saturated rings. The summed E-state index contributed by atoms with van der Waals surface area (Å²) in [5, 5.41) is 15.1. The first-order valence-corrected chi connectivity index (χ1v) is 8.35. The molecule has 0 aromatic heterocycles. The van der Waals surface area contributed by atoms with Crippen LogP contribution in [0.4, 0.5) is 0 Å². The van der Waals surface area contributed by atoms with E-state index in [1.54, 1.807) is 0 Å². The highest BCUT2D eigenvalue weighted by molar-refractivity contribution is 5.32. The Labute approximate surface area is 127 Å². The highest BCUT2D eigenvalue weighted by Crippen LogP contribution is 2.49. The number of hydrogen-bond donors (Lipinski definition) is 3. The van der Waals surface area contributed by atoms with E-state index in [1.807, 2.05) is 0 Å². The van der Waals surface area contributed by atoms with Crippen LogP contribution in [0, 0.1) is 11.3 Å². The lowest BCUT2D eigenvalue weighted by Crippen LogP contribution is -2.64. The van der Waals surface area contributed by atoms with Crippen LogP contribution < -0.4 is 11.1 Å². The SMILES string of the molecule is CCC1CNCCC1(O)C1(CN)CCc2ccccc2C1. The lowest BCUT2D eigenvalue weighted by atomic mass is 9.56. The molecule has 3 atom stereocenters. The number of aliphatic hydroxyl groups is 1. The maximum atomic E-state index is 11.6. The van der Waals surface area contributed by atoms with E-state index in [0.717, 1.165) is 45.2 Å². The van der Waals surface area contributed by atoms with Crippen LogP contribution in [0.1, 0.15) is 37.3 Å². The van der Waals surface area contributed by atoms with Crippen LogP contribution in [0.2, 0.25) is 0 Å². The van der Waals surface area contributed by atoms with E-state index in [4.69, 9.17) is 5.73 Å². The van der Waals surface area contributed by atoms with Crippen LogP contribution in [-0.2, 0) is 12.8 Å². The molecule has 21 heavy (non-hydrogen) atoms. The van der Waals surface area contributed by atoms with Crippen molar-refractivity contribution < 1.29 is 5.11 Å². The standard InChI is InChI=1S/C18H28N2O/c1-2-16-12-20-10-9-18(16,21)17(13-19)8-7-14-5-3-4-6-15(14)11-17/h3-6,16,20-21H,2,7-13,19H2,1H3. The fourth-order valence-corrected chi connectivity index (χ4v) is 4.63. The molecule has 3 heteroatoms. The van der Waals surface area contributed by atoms with Crippen LogP contribution in [-0.4, -0.2) is 30.3 Å². The number of nitrogens with two attached hydrogens (primary N) is 1. The normalized spacial score (nSPS) is 36.2. The molecule has 1 aliphatic carbocycles. The van der Waals surface area contributed by atoms with Crippen molar-refractivity contribution in [3.05, 3.63) is 35.4 Å². The molecule has 1 heterocycles. The maximum absolute atomic E-state index is 11.6. The van der Waals surface area contributed by atoms with Crippen LogP contribution >= 0.6 is 0 Å². The minimum Gasteiger partial charge on any atom is -0.389 e. The fourth-order valence-electron chi connectivity index (χ4n) is 4.63. The summed E-state index contributed by atoms with van der Waals surface area (Å²) in [5.41, 5.74) is 8.28. The molecule has 0 saturated carbocycles. The van der Waals surface area contributed by atoms with E-state index in [1.165, 1.54) is 11.1 Å². The quantitative estimate of drug-likeness (QED) is 0.796. The van der Waals surface area contributed by atoms with Gasteiger partial charge in [0.1, 0.15) is 0 Å². The molecular weight excluding hydrogens is 260 g/mol. The van der Waals surface area contributed by atoms with Gasteiger partial charge in [-0.25, -0.2) is 0 Å². The van der Waals surface area contributed by atoms with Crippen molar-refractivity contribution >= 4 is 0 Å². The predicted molar refractivity (Wildman–Crippen MR) is 86.2 cm³/mol. The van der Waals surface area contributed by atoms with Crippen molar-refractivity contribution in [1.29, 1.82) is 0 Å². The first-order chi connectivity index (χ1) is 10.1. The van der Waals surface area contributed by atoms with Gasteiger partial charge in [-0.15, -0.1) is 0 Å². The Hall–Kier alpha value is -0.900. The van der Waals surface area contributed by atoms with Crippen molar-refractivity contribution in [2.75, 3.05) is 19.6 Å². The number of aryl methyl sites for hydroxylation is 1. The fraction of sp³-hybridized carbons (Fsp3) is 0.667. The summed E-state index contributed by atoms with van der Waals surface area (Å²) in [4.78, 5) is 0. The molecule has 0 radical (unpaired) electrons. The van der Waals surface area contributed by atoms with E-state index >= 15 is 0 Å². The van der Waals surface area contributed by atoms with Crippen molar-refractivity contribution in [1.82, 2.24) is 5.32 Å². The summed E-state index contributed by atoms with van der Waals surface area (Å²) < 4.78 is 0. The molecule has 3 nitrogen and oxygen atoms in total. The van der Waals surface area contributed by atoms with Gasteiger partial charge in [0.05, 0.1) is 5.60 Å². The molecule has 116 valence electrons. The average molecular weight is 288 g/mol. The zero-order valence-electron chi connectivity index (χ0n) is 13.1. The summed E-state index contributed by atoms with van der Waals surface area (Å²) in [7, 11) is 0. The highest BCUT2D eigenvalue weighted by atomic mass is 16.3. The molecule has 0 spiro atoms. The Bertz CT molecular complexity index is 504. The molecule has 3 unspecified atom stereocenters. The second-order valence-corrected chi connectivity index (χ2v) is 6.91. The number of nitrogens with one attached hydrogen (secondary N) is 1. The zero-order valence-corrected chi connectivity index (χ0v) is 13.1. The van der Waals surface area contributed by atoms with Gasteiger partial charge in [-0.2, -0.15) is 0 Å². The zero-order chi connectivity index (χ0) is 14.9. The largest absolute Gasteiger partial charge is 0.389 e. The Morgan fingerprint density at radius 1 is 1.29 bits per heavy atom. The van der Waals surface area contributed by atoms with Crippen LogP contribution in [0.3, 0.4) is 0 Å². The molecule has 0 bridgehead atoms. The van der Waals surface area contributed by atoms with Gasteiger partial charge in [-0.3, -0.25) is 0 Å². The molecule has 2 aliphatic rings. The summed E-state index contributed by atoms with van der Waals surface area (Å²) >= 11 is 0. The van der Waals surface area contributed by atoms with Crippen molar-refractivity contribution in [2.45, 2.75) is 44.6 Å². The third-order valence-electron chi connectivity index (χ3n) is 6.07. The summed E-state index contributed by atoms with van der Waals surface area (Å²) in [5.74, 6) is 0.306. The third kappa shape index (κ3) is 2.32. The molecule has 4 N–H and O–H groups in total. The molecule has 1 saturated heterocycles. The second-order valence-electron chi connectivity index (χ2n) is 6.91. The monoisotopic (exact) mass is 288 g/mol. The van der Waals surface area contributed by atoms with Gasteiger partial charge in [0.2, 0.25) is 0 Å². The Kier molecular flexibility index (Phi) is 4.08. The van der Waals surface area contributed by atoms with Crippen LogP contribution in [0.25, 0.3) is 0 Å². The minimum absolute atomic E-state index is 0.163. The third-order valence-corrected chi connectivity index (χ3v) is 6.07. The lowest BCUT2D eigenvalue weighted by Gasteiger charge is -2.55. The van der Waals surface area contributed by atoms with Gasteiger partial charge in [0.15, 0.2) is 0 Å². The van der Waals surface area contributed by atoms with Gasteiger partial charge >= 0.3 is 0 Å². The Morgan fingerprint density at radius 2 is 2.05 bits per heavy atom. The molecular formula is C18H28N2O. The number of fused-ring (bicyclic) bond motifs is 1. The van der Waals surface area contributed by atoms with E-state index in [0.29, 0.717) is 12.5 Å². The number of hydrogen-bond acceptors (Lipinski definition) is 3. The minimum atomic E-state index is -0.630. The van der Waals surface area contributed by atoms with Gasteiger partial charge in [-0.05, 0) is 49.8 Å². The van der Waals surface area contributed by atoms with Gasteiger partial charge < -0.3 is 16.2 Å². The first-order valence-electron chi connectivity index (χ1n) is 8.35. The van der Waals surface area contributed by atoms with E-state index in [-0.39, 0.29) is 5.41 Å². The molecule has 1 aromatic rings. The summed E-state index contributed by atoms with van der Waals surface area (Å²) in [6, 6.07) is 8.65. The summed E-state index contributed by atoms with van der Waals surface area (Å²) in [6.45, 7) is 4.57. The van der Waals surface area contributed by atoms with Crippen molar-refractivity contribution in [2.24, 2.45) is 17.1 Å². The molecule has 1 aliphatic heterocycles. The molecule has 0 amide bonds. The second kappa shape index (κ2) is 5.71. The van der Waals surface area contributed by atoms with Crippen LogP contribution in [0.15, 0.2) is 24.3 Å². The summed E-state index contributed by atoms with van der Waals surface area (Å²) in [6.07, 6.45) is 4.80. The van der Waals surface area contributed by atoms with Crippen molar-refractivity contribution in [3.8, 4) is 0 Å². The Morgan fingerprint density at radius 3 is 2.76 bits per heavy atom. The topological polar surface area (TPSA) is 58.3 Å². The molecule has 3 rings (SSSR count). The van der Waals surface area contributed by atoms with Crippen LogP contribution in [0.5, 0.6) is 0 Å². The van der Waals surface area contributed by atoms with Gasteiger partial charge in [0.25, 0.3) is 0 Å². The predicted octanol–water partition coefficient (Wildman–Crippen LogP) is 1.87. The average Bonchev–Trinajstić information content (AvgIpc) is 2.54. The lowest BCUT2D eigenvalue weighted by molar-refractivity contribution is -0.145. The number of benzene rings is 1. The van der Waals surface area contributed by atoms with Gasteiger partial charge in [0, 0.05) is 24.4 Å². The molecule has 1 aromatic carbocycles. The smallest absolute Gasteiger partial charge is 0.0771 e. The first kappa shape index (κ1) is 15.0. The number of rotatable bonds is 3. The Balaban J connectivity index is 1.97. The van der Waals surface area contributed by atoms with E-state index in [2.05, 4.69) is 36.5 Å². The van der Waals surface area contributed by atoms with Gasteiger partial charge in [-0.1, -0.05) is 31.2 Å². The maximum Gasteiger partial charge on any atom is 0.0771 e. The van der Waals surface area contributed by atoms with E-state index in [9.17, 15) is 5.11 Å². The number of piperidine rings is 1. The van der Waals surface area contributed by atoms with Crippen molar-refractivity contribution in [3.63, 3.8) is 0 Å². The van der Waals surface area contributed by atoms with E-state index < -0.39 is 5.60 Å². The highest BCUT2D eigenvalue weighted by Gasteiger charge is 2.54.